The molecule has 0 aromatic heterocycles. The van der Waals surface area contributed by atoms with Gasteiger partial charge in [0, 0.05) is 20.3 Å². The highest BCUT2D eigenvalue weighted by molar-refractivity contribution is 5.81. The fraction of sp³-hybridized carbons (Fsp3) is 0.917. The summed E-state index contributed by atoms with van der Waals surface area (Å²) in [6, 6.07) is -0.517. The van der Waals surface area contributed by atoms with Gasteiger partial charge < -0.3 is 20.9 Å². The lowest BCUT2D eigenvalue weighted by Crippen LogP contribution is -2.43. The third kappa shape index (κ3) is 9.09. The predicted octanol–water partition coefficient (Wildman–Crippen LogP) is 0.264. The Bertz CT molecular complexity index is 210. The summed E-state index contributed by atoms with van der Waals surface area (Å²) in [6.07, 6.45) is 1.55. The molecular formula is C12H26N2O3. The van der Waals surface area contributed by atoms with Crippen LogP contribution >= 0.6 is 0 Å². The largest absolute Gasteiger partial charge is 0.391 e. The van der Waals surface area contributed by atoms with Crippen molar-refractivity contribution in [2.24, 2.45) is 11.7 Å². The zero-order chi connectivity index (χ0) is 13.3. The minimum atomic E-state index is -0.517. The summed E-state index contributed by atoms with van der Waals surface area (Å²) in [5, 5.41) is 12.2. The molecule has 5 heteroatoms. The van der Waals surface area contributed by atoms with Crippen molar-refractivity contribution < 1.29 is 14.6 Å². The Hall–Kier alpha value is -0.650. The number of carbonyl (C=O) groups is 1. The molecule has 4 N–H and O–H groups in total. The smallest absolute Gasteiger partial charge is 0.237 e. The van der Waals surface area contributed by atoms with Gasteiger partial charge in [0.2, 0.25) is 5.91 Å². The van der Waals surface area contributed by atoms with E-state index in [4.69, 9.17) is 10.5 Å². The normalized spacial score (nSPS) is 14.7. The first-order chi connectivity index (χ1) is 7.97. The molecule has 2 atom stereocenters. The van der Waals surface area contributed by atoms with E-state index in [1.165, 1.54) is 0 Å². The Balaban J connectivity index is 3.69. The van der Waals surface area contributed by atoms with Gasteiger partial charge in [0.05, 0.1) is 12.1 Å². The van der Waals surface area contributed by atoms with E-state index in [2.05, 4.69) is 5.32 Å². The van der Waals surface area contributed by atoms with Gasteiger partial charge in [0.1, 0.15) is 0 Å². The number of methoxy groups -OCH3 is 1. The summed E-state index contributed by atoms with van der Waals surface area (Å²) in [7, 11) is 1.62. The van der Waals surface area contributed by atoms with Crippen LogP contribution in [0.15, 0.2) is 0 Å². The number of carbonyl (C=O) groups excluding carboxylic acids is 1. The molecule has 0 spiro atoms. The number of aliphatic hydroxyl groups excluding tert-OH is 1. The van der Waals surface area contributed by atoms with Crippen molar-refractivity contribution in [3.63, 3.8) is 0 Å². The number of aliphatic hydroxyl groups is 1. The lowest BCUT2D eigenvalue weighted by molar-refractivity contribution is -0.123. The summed E-state index contributed by atoms with van der Waals surface area (Å²) in [5.41, 5.74) is 5.70. The summed E-state index contributed by atoms with van der Waals surface area (Å²) in [6.45, 7) is 4.94. The van der Waals surface area contributed by atoms with Crippen LogP contribution in [0.2, 0.25) is 0 Å². The van der Waals surface area contributed by atoms with Crippen molar-refractivity contribution in [1.82, 2.24) is 5.32 Å². The van der Waals surface area contributed by atoms with E-state index in [0.717, 1.165) is 6.42 Å². The number of amides is 1. The Kier molecular flexibility index (Phi) is 9.03. The highest BCUT2D eigenvalue weighted by Gasteiger charge is 2.14. The van der Waals surface area contributed by atoms with Gasteiger partial charge in [-0.1, -0.05) is 13.8 Å². The van der Waals surface area contributed by atoms with Gasteiger partial charge in [-0.05, 0) is 25.2 Å². The maximum atomic E-state index is 11.5. The van der Waals surface area contributed by atoms with Gasteiger partial charge in [0.15, 0.2) is 0 Å². The average molecular weight is 246 g/mol. The molecule has 0 radical (unpaired) electrons. The van der Waals surface area contributed by atoms with Crippen LogP contribution in [0, 0.1) is 5.92 Å². The SMILES string of the molecule is COCCCC(N)C(=O)NCC(O)CC(C)C. The maximum absolute atomic E-state index is 11.5. The Morgan fingerprint density at radius 3 is 2.65 bits per heavy atom. The van der Waals surface area contributed by atoms with Crippen molar-refractivity contribution in [3.05, 3.63) is 0 Å². The highest BCUT2D eigenvalue weighted by atomic mass is 16.5. The van der Waals surface area contributed by atoms with Crippen LogP contribution in [0.3, 0.4) is 0 Å². The van der Waals surface area contributed by atoms with Crippen LogP contribution in [0.25, 0.3) is 0 Å². The monoisotopic (exact) mass is 246 g/mol. The maximum Gasteiger partial charge on any atom is 0.237 e. The van der Waals surface area contributed by atoms with Gasteiger partial charge >= 0.3 is 0 Å². The lowest BCUT2D eigenvalue weighted by atomic mass is 10.1. The molecule has 0 bridgehead atoms. The molecule has 0 fully saturated rings. The molecule has 5 nitrogen and oxygen atoms in total. The van der Waals surface area contributed by atoms with Crippen molar-refractivity contribution in [3.8, 4) is 0 Å². The van der Waals surface area contributed by atoms with E-state index in [1.54, 1.807) is 7.11 Å². The first-order valence-corrected chi connectivity index (χ1v) is 6.17. The quantitative estimate of drug-likeness (QED) is 0.510. The molecule has 17 heavy (non-hydrogen) atoms. The third-order valence-electron chi connectivity index (χ3n) is 2.46. The Morgan fingerprint density at radius 2 is 2.12 bits per heavy atom. The fourth-order valence-electron chi connectivity index (χ4n) is 1.56. The van der Waals surface area contributed by atoms with Crippen LogP contribution < -0.4 is 11.1 Å². The zero-order valence-electron chi connectivity index (χ0n) is 11.1. The van der Waals surface area contributed by atoms with Crippen LogP contribution in [0.4, 0.5) is 0 Å². The number of nitrogens with two attached hydrogens (primary N) is 1. The molecule has 0 rings (SSSR count). The molecule has 0 aliphatic carbocycles. The molecule has 0 aromatic rings. The zero-order valence-corrected chi connectivity index (χ0v) is 11.1. The van der Waals surface area contributed by atoms with Crippen molar-refractivity contribution in [2.75, 3.05) is 20.3 Å². The summed E-state index contributed by atoms with van der Waals surface area (Å²) >= 11 is 0. The van der Waals surface area contributed by atoms with E-state index in [0.29, 0.717) is 25.4 Å². The first-order valence-electron chi connectivity index (χ1n) is 6.17. The molecule has 0 aliphatic heterocycles. The minimum Gasteiger partial charge on any atom is -0.391 e. The summed E-state index contributed by atoms with van der Waals surface area (Å²) in [4.78, 5) is 11.5. The van der Waals surface area contributed by atoms with E-state index in [1.807, 2.05) is 13.8 Å². The number of nitrogens with one attached hydrogen (secondary N) is 1. The second-order valence-electron chi connectivity index (χ2n) is 4.77. The van der Waals surface area contributed by atoms with E-state index in [9.17, 15) is 9.90 Å². The molecule has 1 amide bonds. The average Bonchev–Trinajstić information content (AvgIpc) is 2.25. The molecule has 102 valence electrons. The van der Waals surface area contributed by atoms with Gasteiger partial charge in [0.25, 0.3) is 0 Å². The lowest BCUT2D eigenvalue weighted by Gasteiger charge is -2.16. The Morgan fingerprint density at radius 1 is 1.47 bits per heavy atom. The number of hydrogen-bond donors (Lipinski definition) is 3. The number of hydrogen-bond acceptors (Lipinski definition) is 4. The summed E-state index contributed by atoms with van der Waals surface area (Å²) < 4.78 is 4.89. The van der Waals surface area contributed by atoms with Crippen molar-refractivity contribution in [2.45, 2.75) is 45.3 Å². The standard InChI is InChI=1S/C12H26N2O3/c1-9(2)7-10(15)8-14-12(16)11(13)5-4-6-17-3/h9-11,15H,4-8,13H2,1-3H3,(H,14,16). The molecule has 0 saturated heterocycles. The molecule has 0 aromatic carbocycles. The Labute approximate surface area is 104 Å². The second-order valence-corrected chi connectivity index (χ2v) is 4.77. The van der Waals surface area contributed by atoms with Crippen molar-refractivity contribution >= 4 is 5.91 Å². The fourth-order valence-corrected chi connectivity index (χ4v) is 1.56. The van der Waals surface area contributed by atoms with Crippen LogP contribution in [0.5, 0.6) is 0 Å². The predicted molar refractivity (Wildman–Crippen MR) is 67.6 cm³/mol. The first kappa shape index (κ1) is 16.4. The third-order valence-corrected chi connectivity index (χ3v) is 2.46. The van der Waals surface area contributed by atoms with Crippen LogP contribution in [-0.4, -0.2) is 43.4 Å². The second kappa shape index (κ2) is 9.39. The molecule has 0 saturated carbocycles. The summed E-state index contributed by atoms with van der Waals surface area (Å²) in [5.74, 6) is 0.209. The van der Waals surface area contributed by atoms with E-state index < -0.39 is 12.1 Å². The minimum absolute atomic E-state index is 0.205. The molecule has 0 heterocycles. The van der Waals surface area contributed by atoms with Crippen LogP contribution in [-0.2, 0) is 9.53 Å². The van der Waals surface area contributed by atoms with Gasteiger partial charge in [-0.2, -0.15) is 0 Å². The topological polar surface area (TPSA) is 84.6 Å². The van der Waals surface area contributed by atoms with E-state index >= 15 is 0 Å². The van der Waals surface area contributed by atoms with E-state index in [-0.39, 0.29) is 12.5 Å². The van der Waals surface area contributed by atoms with Gasteiger partial charge in [-0.15, -0.1) is 0 Å². The molecule has 2 unspecified atom stereocenters. The van der Waals surface area contributed by atoms with Crippen LogP contribution in [0.1, 0.15) is 33.1 Å². The van der Waals surface area contributed by atoms with Gasteiger partial charge in [-0.3, -0.25) is 4.79 Å². The number of rotatable bonds is 9. The molecular weight excluding hydrogens is 220 g/mol. The van der Waals surface area contributed by atoms with Gasteiger partial charge in [-0.25, -0.2) is 0 Å². The molecule has 0 aliphatic rings. The van der Waals surface area contributed by atoms with Crippen molar-refractivity contribution in [1.29, 1.82) is 0 Å². The number of ether oxygens (including phenoxy) is 1. The highest BCUT2D eigenvalue weighted by Crippen LogP contribution is 2.03.